The topological polar surface area (TPSA) is 69.4 Å². The number of nitro groups is 1. The molecule has 0 atom stereocenters. The molecule has 2 aromatic rings. The third-order valence-electron chi connectivity index (χ3n) is 2.73. The molecular weight excluding hydrogens is 265 g/mol. The molecule has 0 heterocycles. The van der Waals surface area contributed by atoms with Crippen LogP contribution in [0, 0.1) is 22.9 Å². The molecule has 0 aliphatic heterocycles. The standard InChI is InChI=1S/C14H10FNO4/c1-9-5-6-10(16(18)19)7-14(9)20-13-4-2-3-12(15)11(13)8-17/h2-8H,1H3. The Morgan fingerprint density at radius 3 is 2.65 bits per heavy atom. The quantitative estimate of drug-likeness (QED) is 0.485. The summed E-state index contributed by atoms with van der Waals surface area (Å²) in [7, 11) is 0. The number of carbonyl (C=O) groups excluding carboxylic acids is 1. The van der Waals surface area contributed by atoms with Crippen molar-refractivity contribution in [2.75, 3.05) is 0 Å². The van der Waals surface area contributed by atoms with Gasteiger partial charge in [-0.15, -0.1) is 0 Å². The van der Waals surface area contributed by atoms with Gasteiger partial charge in [0.15, 0.2) is 6.29 Å². The monoisotopic (exact) mass is 275 g/mol. The number of halogens is 1. The number of aryl methyl sites for hydroxylation is 1. The Balaban J connectivity index is 2.44. The summed E-state index contributed by atoms with van der Waals surface area (Å²) < 4.78 is 18.9. The van der Waals surface area contributed by atoms with E-state index in [1.165, 1.54) is 30.3 Å². The number of benzene rings is 2. The van der Waals surface area contributed by atoms with Crippen LogP contribution in [0.2, 0.25) is 0 Å². The molecule has 0 unspecified atom stereocenters. The molecule has 0 saturated carbocycles. The van der Waals surface area contributed by atoms with Crippen molar-refractivity contribution in [1.82, 2.24) is 0 Å². The van der Waals surface area contributed by atoms with E-state index in [0.29, 0.717) is 11.8 Å². The molecule has 0 aliphatic rings. The fourth-order valence-corrected chi connectivity index (χ4v) is 1.65. The number of non-ortho nitro benzene ring substituents is 1. The maximum Gasteiger partial charge on any atom is 0.273 e. The second-order valence-electron chi connectivity index (χ2n) is 4.08. The summed E-state index contributed by atoms with van der Waals surface area (Å²) in [5.41, 5.74) is 0.268. The minimum atomic E-state index is -0.708. The number of hydrogen-bond acceptors (Lipinski definition) is 4. The van der Waals surface area contributed by atoms with Gasteiger partial charge in [-0.2, -0.15) is 0 Å². The van der Waals surface area contributed by atoms with Crippen LogP contribution in [0.4, 0.5) is 10.1 Å². The Kier molecular flexibility index (Phi) is 3.74. The lowest BCUT2D eigenvalue weighted by molar-refractivity contribution is -0.384. The van der Waals surface area contributed by atoms with Crippen molar-refractivity contribution in [1.29, 1.82) is 0 Å². The molecule has 0 fully saturated rings. The second kappa shape index (κ2) is 5.48. The smallest absolute Gasteiger partial charge is 0.273 e. The van der Waals surface area contributed by atoms with Gasteiger partial charge in [0.2, 0.25) is 0 Å². The van der Waals surface area contributed by atoms with Crippen molar-refractivity contribution < 1.29 is 18.8 Å². The first kappa shape index (κ1) is 13.7. The van der Waals surface area contributed by atoms with Crippen LogP contribution in [-0.4, -0.2) is 11.2 Å². The zero-order valence-electron chi connectivity index (χ0n) is 10.5. The van der Waals surface area contributed by atoms with Crippen molar-refractivity contribution in [3.8, 4) is 11.5 Å². The molecule has 20 heavy (non-hydrogen) atoms. The lowest BCUT2D eigenvalue weighted by Gasteiger charge is -2.10. The molecule has 0 aliphatic carbocycles. The lowest BCUT2D eigenvalue weighted by Crippen LogP contribution is -1.96. The van der Waals surface area contributed by atoms with Gasteiger partial charge in [0.1, 0.15) is 17.3 Å². The summed E-state index contributed by atoms with van der Waals surface area (Å²) in [4.78, 5) is 21.0. The van der Waals surface area contributed by atoms with E-state index in [1.54, 1.807) is 6.92 Å². The van der Waals surface area contributed by atoms with Gasteiger partial charge in [-0.3, -0.25) is 14.9 Å². The number of carbonyl (C=O) groups is 1. The molecular formula is C14H10FNO4. The van der Waals surface area contributed by atoms with E-state index in [1.807, 2.05) is 0 Å². The van der Waals surface area contributed by atoms with E-state index >= 15 is 0 Å². The van der Waals surface area contributed by atoms with Crippen molar-refractivity contribution >= 4 is 12.0 Å². The highest BCUT2D eigenvalue weighted by molar-refractivity contribution is 5.80. The van der Waals surface area contributed by atoms with E-state index in [9.17, 15) is 19.3 Å². The summed E-state index contributed by atoms with van der Waals surface area (Å²) in [6.07, 6.45) is 0.345. The minimum absolute atomic E-state index is 0.0172. The average molecular weight is 275 g/mol. The van der Waals surface area contributed by atoms with Gasteiger partial charge in [-0.05, 0) is 30.7 Å². The van der Waals surface area contributed by atoms with Crippen molar-refractivity contribution in [2.45, 2.75) is 6.92 Å². The predicted molar refractivity (Wildman–Crippen MR) is 69.7 cm³/mol. The highest BCUT2D eigenvalue weighted by Crippen LogP contribution is 2.31. The zero-order chi connectivity index (χ0) is 14.7. The third-order valence-corrected chi connectivity index (χ3v) is 2.73. The molecule has 6 heteroatoms. The van der Waals surface area contributed by atoms with E-state index in [-0.39, 0.29) is 22.7 Å². The fraction of sp³-hybridized carbons (Fsp3) is 0.0714. The Hall–Kier alpha value is -2.76. The number of ether oxygens (including phenoxy) is 1. The fourth-order valence-electron chi connectivity index (χ4n) is 1.65. The normalized spacial score (nSPS) is 10.1. The first-order valence-electron chi connectivity index (χ1n) is 5.69. The van der Waals surface area contributed by atoms with Gasteiger partial charge in [-0.25, -0.2) is 4.39 Å². The highest BCUT2D eigenvalue weighted by Gasteiger charge is 2.14. The zero-order valence-corrected chi connectivity index (χ0v) is 10.5. The van der Waals surface area contributed by atoms with E-state index in [2.05, 4.69) is 0 Å². The summed E-state index contributed by atoms with van der Waals surface area (Å²) in [5, 5.41) is 10.7. The van der Waals surface area contributed by atoms with E-state index in [4.69, 9.17) is 4.74 Å². The van der Waals surface area contributed by atoms with Gasteiger partial charge in [-0.1, -0.05) is 6.07 Å². The first-order valence-corrected chi connectivity index (χ1v) is 5.69. The number of aldehydes is 1. The summed E-state index contributed by atoms with van der Waals surface area (Å²) in [5.74, 6) is -0.489. The van der Waals surface area contributed by atoms with Crippen LogP contribution in [0.1, 0.15) is 15.9 Å². The molecule has 102 valence electrons. The number of hydrogen-bond donors (Lipinski definition) is 0. The van der Waals surface area contributed by atoms with E-state index < -0.39 is 10.7 Å². The second-order valence-corrected chi connectivity index (χ2v) is 4.08. The maximum absolute atomic E-state index is 13.4. The Bertz CT molecular complexity index is 685. The highest BCUT2D eigenvalue weighted by atomic mass is 19.1. The summed E-state index contributed by atoms with van der Waals surface area (Å²) in [6.45, 7) is 1.69. The molecule has 5 nitrogen and oxygen atoms in total. The number of rotatable bonds is 4. The van der Waals surface area contributed by atoms with Crippen LogP contribution < -0.4 is 4.74 Å². The van der Waals surface area contributed by atoms with E-state index in [0.717, 1.165) is 6.07 Å². The molecule has 0 saturated heterocycles. The Morgan fingerprint density at radius 1 is 1.25 bits per heavy atom. The number of nitro benzene ring substituents is 1. The van der Waals surface area contributed by atoms with Gasteiger partial charge < -0.3 is 4.74 Å². The minimum Gasteiger partial charge on any atom is -0.456 e. The number of nitrogens with zero attached hydrogens (tertiary/aromatic N) is 1. The lowest BCUT2D eigenvalue weighted by atomic mass is 10.2. The van der Waals surface area contributed by atoms with Crippen LogP contribution >= 0.6 is 0 Å². The van der Waals surface area contributed by atoms with Gasteiger partial charge in [0.25, 0.3) is 5.69 Å². The van der Waals surface area contributed by atoms with Gasteiger partial charge >= 0.3 is 0 Å². The molecule has 2 aromatic carbocycles. The largest absolute Gasteiger partial charge is 0.456 e. The van der Waals surface area contributed by atoms with Gasteiger partial charge in [0.05, 0.1) is 16.6 Å². The van der Waals surface area contributed by atoms with Crippen molar-refractivity contribution in [3.63, 3.8) is 0 Å². The first-order chi connectivity index (χ1) is 9.52. The molecule has 2 rings (SSSR count). The maximum atomic E-state index is 13.4. The summed E-state index contributed by atoms with van der Waals surface area (Å²) in [6, 6.07) is 8.04. The molecule has 0 amide bonds. The SMILES string of the molecule is Cc1ccc([N+](=O)[O-])cc1Oc1cccc(F)c1C=O. The van der Waals surface area contributed by atoms with Crippen LogP contribution in [0.3, 0.4) is 0 Å². The van der Waals surface area contributed by atoms with Crippen LogP contribution in [-0.2, 0) is 0 Å². The van der Waals surface area contributed by atoms with Crippen LogP contribution in [0.5, 0.6) is 11.5 Å². The van der Waals surface area contributed by atoms with Crippen LogP contribution in [0.25, 0.3) is 0 Å². The molecule has 0 radical (unpaired) electrons. The van der Waals surface area contributed by atoms with Crippen LogP contribution in [0.15, 0.2) is 36.4 Å². The molecule has 0 aromatic heterocycles. The third kappa shape index (κ3) is 2.64. The van der Waals surface area contributed by atoms with Crippen molar-refractivity contribution in [2.24, 2.45) is 0 Å². The van der Waals surface area contributed by atoms with Crippen molar-refractivity contribution in [3.05, 3.63) is 63.5 Å². The average Bonchev–Trinajstić information content (AvgIpc) is 2.41. The Morgan fingerprint density at radius 2 is 2.00 bits per heavy atom. The molecule has 0 bridgehead atoms. The molecule has 0 spiro atoms. The molecule has 0 N–H and O–H groups in total. The Labute approximate surface area is 113 Å². The predicted octanol–water partition coefficient (Wildman–Crippen LogP) is 3.65. The van der Waals surface area contributed by atoms with Gasteiger partial charge in [0, 0.05) is 6.07 Å². The summed E-state index contributed by atoms with van der Waals surface area (Å²) >= 11 is 0.